The maximum Gasteiger partial charge on any atom is 0.222 e. The maximum absolute atomic E-state index is 6.26. The van der Waals surface area contributed by atoms with E-state index in [2.05, 4.69) is 37.0 Å². The van der Waals surface area contributed by atoms with Crippen molar-refractivity contribution in [2.45, 2.75) is 37.5 Å². The highest BCUT2D eigenvalue weighted by atomic mass is 32.1. The van der Waals surface area contributed by atoms with E-state index < -0.39 is 0 Å². The SMILES string of the molecule is c1cnc(N[C@H]2CO[C@@]3(CCCN(Cc4ccsc4)C3)C2)nc1. The Morgan fingerprint density at radius 1 is 1.39 bits per heavy atom. The summed E-state index contributed by atoms with van der Waals surface area (Å²) < 4.78 is 6.26. The molecule has 4 heterocycles. The Bertz CT molecular complexity index is 621. The molecule has 4 rings (SSSR count). The minimum Gasteiger partial charge on any atom is -0.371 e. The quantitative estimate of drug-likeness (QED) is 0.934. The Labute approximate surface area is 140 Å². The van der Waals surface area contributed by atoms with Crippen LogP contribution in [0.15, 0.2) is 35.3 Å². The van der Waals surface area contributed by atoms with Crippen LogP contribution in [0.1, 0.15) is 24.8 Å². The molecule has 2 aliphatic rings. The number of piperidine rings is 1. The number of nitrogens with one attached hydrogen (secondary N) is 1. The highest BCUT2D eigenvalue weighted by Gasteiger charge is 2.43. The number of likely N-dealkylation sites (tertiary alicyclic amines) is 1. The molecule has 0 radical (unpaired) electrons. The molecule has 0 aliphatic carbocycles. The van der Waals surface area contributed by atoms with E-state index in [0.29, 0.717) is 12.0 Å². The molecule has 1 N–H and O–H groups in total. The van der Waals surface area contributed by atoms with E-state index in [1.165, 1.54) is 18.5 Å². The number of anilines is 1. The molecule has 2 fully saturated rings. The lowest BCUT2D eigenvalue weighted by molar-refractivity contribution is -0.0532. The second kappa shape index (κ2) is 6.55. The van der Waals surface area contributed by atoms with E-state index in [1.807, 2.05) is 6.07 Å². The van der Waals surface area contributed by atoms with Crippen molar-refractivity contribution in [3.05, 3.63) is 40.8 Å². The lowest BCUT2D eigenvalue weighted by atomic mass is 9.88. The molecule has 0 bridgehead atoms. The molecule has 1 spiro atoms. The van der Waals surface area contributed by atoms with Gasteiger partial charge in [-0.1, -0.05) is 0 Å². The fourth-order valence-electron chi connectivity index (χ4n) is 3.74. The maximum atomic E-state index is 6.26. The Morgan fingerprint density at radius 3 is 3.13 bits per heavy atom. The molecule has 2 aromatic heterocycles. The molecule has 0 saturated carbocycles. The number of hydrogen-bond acceptors (Lipinski definition) is 6. The first kappa shape index (κ1) is 15.1. The summed E-state index contributed by atoms with van der Waals surface area (Å²) in [6, 6.07) is 4.36. The number of aromatic nitrogens is 2. The first-order valence-electron chi connectivity index (χ1n) is 8.22. The van der Waals surface area contributed by atoms with Gasteiger partial charge in [-0.2, -0.15) is 11.3 Å². The molecule has 0 amide bonds. The zero-order valence-electron chi connectivity index (χ0n) is 13.1. The predicted molar refractivity (Wildman–Crippen MR) is 91.6 cm³/mol. The summed E-state index contributed by atoms with van der Waals surface area (Å²) in [4.78, 5) is 11.0. The van der Waals surface area contributed by atoms with E-state index in [-0.39, 0.29) is 5.60 Å². The van der Waals surface area contributed by atoms with Crippen molar-refractivity contribution in [1.29, 1.82) is 0 Å². The molecule has 2 saturated heterocycles. The highest BCUT2D eigenvalue weighted by molar-refractivity contribution is 7.07. The van der Waals surface area contributed by atoms with Crippen LogP contribution in [0.25, 0.3) is 0 Å². The van der Waals surface area contributed by atoms with E-state index in [1.54, 1.807) is 23.7 Å². The van der Waals surface area contributed by atoms with Gasteiger partial charge in [-0.05, 0) is 47.8 Å². The number of hydrogen-bond donors (Lipinski definition) is 1. The van der Waals surface area contributed by atoms with Gasteiger partial charge >= 0.3 is 0 Å². The van der Waals surface area contributed by atoms with Crippen LogP contribution < -0.4 is 5.32 Å². The minimum atomic E-state index is 0.000713. The van der Waals surface area contributed by atoms with Crippen LogP contribution in [0.3, 0.4) is 0 Å². The van der Waals surface area contributed by atoms with E-state index in [4.69, 9.17) is 4.74 Å². The molecular formula is C17H22N4OS. The van der Waals surface area contributed by atoms with E-state index in [9.17, 15) is 0 Å². The van der Waals surface area contributed by atoms with Crippen LogP contribution in [0.5, 0.6) is 0 Å². The van der Waals surface area contributed by atoms with Crippen molar-refractivity contribution in [1.82, 2.24) is 14.9 Å². The van der Waals surface area contributed by atoms with Crippen molar-refractivity contribution >= 4 is 17.3 Å². The van der Waals surface area contributed by atoms with Gasteiger partial charge in [-0.25, -0.2) is 9.97 Å². The fourth-order valence-corrected chi connectivity index (χ4v) is 4.40. The molecule has 6 heteroatoms. The summed E-state index contributed by atoms with van der Waals surface area (Å²) in [5.74, 6) is 0.698. The first-order chi connectivity index (χ1) is 11.3. The Kier molecular flexibility index (Phi) is 4.29. The second-order valence-corrected chi connectivity index (χ2v) is 7.34. The second-order valence-electron chi connectivity index (χ2n) is 6.56. The van der Waals surface area contributed by atoms with Crippen LogP contribution in [-0.4, -0.2) is 46.2 Å². The fraction of sp³-hybridized carbons (Fsp3) is 0.529. The van der Waals surface area contributed by atoms with Crippen LogP contribution in [0.4, 0.5) is 5.95 Å². The van der Waals surface area contributed by atoms with Gasteiger partial charge in [-0.3, -0.25) is 4.90 Å². The number of thiophene rings is 1. The normalized spacial score (nSPS) is 28.3. The highest BCUT2D eigenvalue weighted by Crippen LogP contribution is 2.36. The molecule has 122 valence electrons. The topological polar surface area (TPSA) is 50.3 Å². The first-order valence-corrected chi connectivity index (χ1v) is 9.17. The van der Waals surface area contributed by atoms with Crippen molar-refractivity contribution in [3.63, 3.8) is 0 Å². The van der Waals surface area contributed by atoms with Crippen molar-refractivity contribution < 1.29 is 4.74 Å². The molecule has 23 heavy (non-hydrogen) atoms. The summed E-state index contributed by atoms with van der Waals surface area (Å²) in [5.41, 5.74) is 1.41. The molecule has 2 aromatic rings. The van der Waals surface area contributed by atoms with Gasteiger partial charge in [0.05, 0.1) is 18.2 Å². The Hall–Kier alpha value is -1.50. The molecular weight excluding hydrogens is 308 g/mol. The average molecular weight is 330 g/mol. The van der Waals surface area contributed by atoms with Gasteiger partial charge < -0.3 is 10.1 Å². The summed E-state index contributed by atoms with van der Waals surface area (Å²) in [6.45, 7) is 3.97. The van der Waals surface area contributed by atoms with Gasteiger partial charge in [0, 0.05) is 31.9 Å². The van der Waals surface area contributed by atoms with Crippen molar-refractivity contribution in [2.24, 2.45) is 0 Å². The summed E-state index contributed by atoms with van der Waals surface area (Å²) in [5, 5.41) is 7.81. The van der Waals surface area contributed by atoms with Crippen LogP contribution in [0.2, 0.25) is 0 Å². The molecule has 0 unspecified atom stereocenters. The predicted octanol–water partition coefficient (Wildman–Crippen LogP) is 2.77. The smallest absolute Gasteiger partial charge is 0.222 e. The lowest BCUT2D eigenvalue weighted by Crippen LogP contribution is -2.47. The largest absolute Gasteiger partial charge is 0.371 e. The zero-order chi connectivity index (χ0) is 15.5. The molecule has 5 nitrogen and oxygen atoms in total. The van der Waals surface area contributed by atoms with Gasteiger partial charge in [0.15, 0.2) is 0 Å². The molecule has 2 atom stereocenters. The summed E-state index contributed by atoms with van der Waals surface area (Å²) in [6.07, 6.45) is 6.93. The van der Waals surface area contributed by atoms with Crippen molar-refractivity contribution in [2.75, 3.05) is 25.0 Å². The monoisotopic (exact) mass is 330 g/mol. The lowest BCUT2D eigenvalue weighted by Gasteiger charge is -2.39. The number of nitrogens with zero attached hydrogens (tertiary/aromatic N) is 3. The molecule has 2 aliphatic heterocycles. The average Bonchev–Trinajstić information content (AvgIpc) is 3.19. The van der Waals surface area contributed by atoms with E-state index in [0.717, 1.165) is 32.5 Å². The summed E-state index contributed by atoms with van der Waals surface area (Å²) in [7, 11) is 0. The van der Waals surface area contributed by atoms with Gasteiger partial charge in [0.2, 0.25) is 5.95 Å². The standard InChI is InChI=1S/C17H22N4OS/c1-4-17(13-21(7-1)10-14-3-8-23-12-14)9-15(11-22-17)20-16-18-5-2-6-19-16/h2-3,5-6,8,12,15H,1,4,7,9-11,13H2,(H,18,19,20)/t15-,17+/m1/s1. The summed E-state index contributed by atoms with van der Waals surface area (Å²) >= 11 is 1.77. The number of ether oxygens (including phenoxy) is 1. The van der Waals surface area contributed by atoms with Crippen LogP contribution in [-0.2, 0) is 11.3 Å². The Morgan fingerprint density at radius 2 is 2.30 bits per heavy atom. The minimum absolute atomic E-state index is 0.000713. The third-order valence-electron chi connectivity index (χ3n) is 4.71. The van der Waals surface area contributed by atoms with Gasteiger partial charge in [-0.15, -0.1) is 0 Å². The third-order valence-corrected chi connectivity index (χ3v) is 5.44. The van der Waals surface area contributed by atoms with E-state index >= 15 is 0 Å². The third kappa shape index (κ3) is 3.54. The molecule has 0 aromatic carbocycles. The van der Waals surface area contributed by atoms with Gasteiger partial charge in [0.1, 0.15) is 0 Å². The number of rotatable bonds is 4. The zero-order valence-corrected chi connectivity index (χ0v) is 14.0. The van der Waals surface area contributed by atoms with Crippen LogP contribution in [0, 0.1) is 0 Å². The van der Waals surface area contributed by atoms with Crippen LogP contribution >= 0.6 is 11.3 Å². The Balaban J connectivity index is 1.37. The van der Waals surface area contributed by atoms with Crippen molar-refractivity contribution in [3.8, 4) is 0 Å². The van der Waals surface area contributed by atoms with Gasteiger partial charge in [0.25, 0.3) is 0 Å².